The number of benzene rings is 2. The van der Waals surface area contributed by atoms with Gasteiger partial charge < -0.3 is 9.84 Å². The van der Waals surface area contributed by atoms with Crippen molar-refractivity contribution in [1.29, 1.82) is 0 Å². The smallest absolute Gasteiger partial charge is 0.344 e. The molecule has 0 saturated heterocycles. The zero-order chi connectivity index (χ0) is 19.0. The number of carbonyl (C=O) groups excluding carboxylic acids is 1. The predicted octanol–water partition coefficient (Wildman–Crippen LogP) is 4.93. The molecule has 0 fully saturated rings. The molecule has 2 aromatic rings. The maximum absolute atomic E-state index is 12.7. The third-order valence-corrected chi connectivity index (χ3v) is 5.57. The minimum Gasteiger partial charge on any atom is -0.479 e. The van der Waals surface area contributed by atoms with E-state index in [-0.39, 0.29) is 6.03 Å². The molecule has 6 nitrogen and oxygen atoms in total. The van der Waals surface area contributed by atoms with Gasteiger partial charge in [-0.15, -0.1) is 0 Å². The Bertz CT molecular complexity index is 893. The number of rotatable bonds is 4. The topological polar surface area (TPSA) is 70.1 Å². The monoisotopic (exact) mass is 412 g/mol. The minimum atomic E-state index is -1.06. The lowest BCUT2D eigenvalue weighted by molar-refractivity contribution is -0.144. The quantitative estimate of drug-likeness (QED) is 0.720. The number of ether oxygens (including phenoxy) is 1. The van der Waals surface area contributed by atoms with Crippen LogP contribution in [0.25, 0.3) is 0 Å². The van der Waals surface area contributed by atoms with Gasteiger partial charge in [-0.1, -0.05) is 23.2 Å². The molecule has 1 atom stereocenters. The number of urea groups is 1. The number of hydrogen-bond acceptors (Lipinski definition) is 4. The molecule has 0 bridgehead atoms. The molecule has 0 aromatic heterocycles. The molecule has 136 valence electrons. The van der Waals surface area contributed by atoms with Gasteiger partial charge in [-0.3, -0.25) is 4.90 Å². The van der Waals surface area contributed by atoms with Gasteiger partial charge in [-0.05, 0) is 49.2 Å². The highest BCUT2D eigenvalue weighted by molar-refractivity contribution is 8.01. The number of fused-ring (bicyclic) bond motifs is 1. The van der Waals surface area contributed by atoms with Crippen molar-refractivity contribution in [2.75, 3.05) is 16.3 Å². The predicted molar refractivity (Wildman–Crippen MR) is 103 cm³/mol. The molecule has 1 aliphatic heterocycles. The largest absolute Gasteiger partial charge is 0.479 e. The summed E-state index contributed by atoms with van der Waals surface area (Å²) in [5, 5.41) is 9.73. The van der Waals surface area contributed by atoms with Crippen LogP contribution in [-0.4, -0.2) is 30.3 Å². The first kappa shape index (κ1) is 18.7. The van der Waals surface area contributed by atoms with Gasteiger partial charge in [0.15, 0.2) is 6.10 Å². The van der Waals surface area contributed by atoms with Crippen LogP contribution in [0.2, 0.25) is 10.0 Å². The van der Waals surface area contributed by atoms with E-state index in [4.69, 9.17) is 33.0 Å². The molecule has 3 rings (SSSR count). The highest BCUT2D eigenvalue weighted by Gasteiger charge is 2.31. The van der Waals surface area contributed by atoms with E-state index in [1.54, 1.807) is 43.4 Å². The Kier molecular flexibility index (Phi) is 5.22. The number of carboxylic acids is 1. The first-order valence-corrected chi connectivity index (χ1v) is 9.05. The average Bonchev–Trinajstić information content (AvgIpc) is 2.60. The molecule has 0 unspecified atom stereocenters. The second kappa shape index (κ2) is 7.26. The number of halogens is 2. The number of hydrogen-bond donors (Lipinski definition) is 1. The Balaban J connectivity index is 1.91. The summed E-state index contributed by atoms with van der Waals surface area (Å²) in [6.07, 6.45) is -0.988. The van der Waals surface area contributed by atoms with Crippen LogP contribution in [0.1, 0.15) is 6.92 Å². The summed E-state index contributed by atoms with van der Waals surface area (Å²) in [7, 11) is 1.63. The summed E-state index contributed by atoms with van der Waals surface area (Å²) in [6, 6.07) is 9.78. The van der Waals surface area contributed by atoms with Crippen LogP contribution >= 0.6 is 35.1 Å². The summed E-state index contributed by atoms with van der Waals surface area (Å²) < 4.78 is 6.88. The summed E-state index contributed by atoms with van der Waals surface area (Å²) in [6.45, 7) is 1.44. The highest BCUT2D eigenvalue weighted by atomic mass is 35.5. The second-order valence-electron chi connectivity index (χ2n) is 5.55. The van der Waals surface area contributed by atoms with Crippen LogP contribution in [0.5, 0.6) is 5.75 Å². The Morgan fingerprint density at radius 3 is 2.58 bits per heavy atom. The molecule has 2 amide bonds. The van der Waals surface area contributed by atoms with E-state index in [0.717, 1.165) is 4.90 Å². The highest BCUT2D eigenvalue weighted by Crippen LogP contribution is 2.43. The lowest BCUT2D eigenvalue weighted by Gasteiger charge is -2.34. The van der Waals surface area contributed by atoms with E-state index in [2.05, 4.69) is 0 Å². The zero-order valence-corrected chi connectivity index (χ0v) is 16.1. The van der Waals surface area contributed by atoms with Gasteiger partial charge in [0.2, 0.25) is 0 Å². The lowest BCUT2D eigenvalue weighted by Crippen LogP contribution is -2.40. The van der Waals surface area contributed by atoms with Crippen molar-refractivity contribution >= 4 is 58.5 Å². The minimum absolute atomic E-state index is 0.274. The van der Waals surface area contributed by atoms with Crippen LogP contribution in [-0.2, 0) is 4.79 Å². The Morgan fingerprint density at radius 1 is 1.19 bits per heavy atom. The van der Waals surface area contributed by atoms with Gasteiger partial charge in [0.1, 0.15) is 5.75 Å². The van der Waals surface area contributed by atoms with Crippen molar-refractivity contribution in [3.63, 3.8) is 0 Å². The molecule has 0 saturated carbocycles. The van der Waals surface area contributed by atoms with Gasteiger partial charge in [0, 0.05) is 13.1 Å². The molecule has 1 aliphatic rings. The fourth-order valence-corrected chi connectivity index (χ4v) is 3.64. The van der Waals surface area contributed by atoms with Crippen molar-refractivity contribution in [2.24, 2.45) is 0 Å². The SMILES string of the molecule is C[C@@H](Oc1ccc2c(c1)N(C)C(=O)N(c1ccc(Cl)c(Cl)c1)S2)C(=O)O. The third kappa shape index (κ3) is 3.56. The van der Waals surface area contributed by atoms with Crippen LogP contribution in [0.15, 0.2) is 41.3 Å². The Hall–Kier alpha value is -2.09. The molecule has 1 heterocycles. The molecule has 1 N–H and O–H groups in total. The molecular weight excluding hydrogens is 399 g/mol. The normalized spacial score (nSPS) is 14.8. The fraction of sp³-hybridized carbons (Fsp3) is 0.176. The van der Waals surface area contributed by atoms with Crippen molar-refractivity contribution < 1.29 is 19.4 Å². The number of carboxylic acid groups (broad SMARTS) is 1. The maximum Gasteiger partial charge on any atom is 0.344 e. The van der Waals surface area contributed by atoms with Crippen molar-refractivity contribution in [3.05, 3.63) is 46.4 Å². The third-order valence-electron chi connectivity index (χ3n) is 3.74. The maximum atomic E-state index is 12.7. The van der Waals surface area contributed by atoms with E-state index >= 15 is 0 Å². The number of anilines is 2. The Labute approximate surface area is 164 Å². The number of aliphatic carboxylic acids is 1. The van der Waals surface area contributed by atoms with Gasteiger partial charge in [0.25, 0.3) is 0 Å². The van der Waals surface area contributed by atoms with Crippen molar-refractivity contribution in [3.8, 4) is 5.75 Å². The molecular formula is C17H14Cl2N2O4S. The first-order chi connectivity index (χ1) is 12.3. The van der Waals surface area contributed by atoms with E-state index < -0.39 is 12.1 Å². The molecule has 0 aliphatic carbocycles. The van der Waals surface area contributed by atoms with E-state index in [0.29, 0.717) is 27.2 Å². The standard InChI is InChI=1S/C17H14Cl2N2O4S/c1-9(16(22)23)25-11-4-6-15-14(8-11)20(2)17(24)21(26-15)10-3-5-12(18)13(19)7-10/h3-9H,1-2H3,(H,22,23)/t9-/m1/s1. The van der Waals surface area contributed by atoms with Crippen molar-refractivity contribution in [1.82, 2.24) is 0 Å². The molecule has 2 aromatic carbocycles. The molecule has 9 heteroatoms. The lowest BCUT2D eigenvalue weighted by atomic mass is 10.2. The van der Waals surface area contributed by atoms with Gasteiger partial charge >= 0.3 is 12.0 Å². The van der Waals surface area contributed by atoms with E-state index in [1.165, 1.54) is 28.1 Å². The Morgan fingerprint density at radius 2 is 1.92 bits per heavy atom. The van der Waals surface area contributed by atoms with Crippen LogP contribution < -0.4 is 13.9 Å². The second-order valence-corrected chi connectivity index (χ2v) is 7.36. The summed E-state index contributed by atoms with van der Waals surface area (Å²) >= 11 is 13.2. The van der Waals surface area contributed by atoms with Gasteiger partial charge in [0.05, 0.1) is 26.3 Å². The first-order valence-electron chi connectivity index (χ1n) is 7.52. The average molecular weight is 413 g/mol. The zero-order valence-electron chi connectivity index (χ0n) is 13.8. The molecule has 0 radical (unpaired) electrons. The number of carbonyl (C=O) groups is 2. The van der Waals surface area contributed by atoms with Gasteiger partial charge in [-0.25, -0.2) is 13.9 Å². The van der Waals surface area contributed by atoms with E-state index in [9.17, 15) is 9.59 Å². The molecule has 26 heavy (non-hydrogen) atoms. The summed E-state index contributed by atoms with van der Waals surface area (Å²) in [5.74, 6) is -0.686. The van der Waals surface area contributed by atoms with Crippen LogP contribution in [0, 0.1) is 0 Å². The van der Waals surface area contributed by atoms with Crippen LogP contribution in [0.4, 0.5) is 16.2 Å². The number of amides is 2. The van der Waals surface area contributed by atoms with Crippen molar-refractivity contribution in [2.45, 2.75) is 17.9 Å². The summed E-state index contributed by atoms with van der Waals surface area (Å²) in [5.41, 5.74) is 1.23. The fourth-order valence-electron chi connectivity index (χ4n) is 2.32. The summed E-state index contributed by atoms with van der Waals surface area (Å²) in [4.78, 5) is 26.0. The molecule has 0 spiro atoms. The van der Waals surface area contributed by atoms with E-state index in [1.807, 2.05) is 0 Å². The van der Waals surface area contributed by atoms with Gasteiger partial charge in [-0.2, -0.15) is 0 Å². The van der Waals surface area contributed by atoms with Crippen LogP contribution in [0.3, 0.4) is 0 Å². The number of nitrogens with zero attached hydrogens (tertiary/aromatic N) is 2.